The Kier molecular flexibility index (Phi) is 7.85. The number of carbonyl (C=O) groups is 1. The maximum absolute atomic E-state index is 12.8. The van der Waals surface area contributed by atoms with Crippen molar-refractivity contribution in [3.05, 3.63) is 0 Å². The van der Waals surface area contributed by atoms with Gasteiger partial charge in [0.05, 0.1) is 0 Å². The molecule has 2 aliphatic heterocycles. The average Bonchev–Trinajstić information content (AvgIpc) is 2.53. The number of hydrogen-bond acceptors (Lipinski definition) is 3. The molecule has 1 aliphatic carbocycles. The SMILES string of the molecule is Br.O=C1C(CN2CCCCC2)CCCC1CN1CCCCC1. The Labute approximate surface area is 146 Å². The molecule has 22 heavy (non-hydrogen) atoms. The van der Waals surface area contributed by atoms with Crippen LogP contribution in [0.1, 0.15) is 57.8 Å². The minimum absolute atomic E-state index is 0. The van der Waals surface area contributed by atoms with Gasteiger partial charge in [-0.05, 0) is 64.7 Å². The molecule has 0 aromatic carbocycles. The molecule has 2 atom stereocenters. The topological polar surface area (TPSA) is 23.6 Å². The fourth-order valence-corrected chi connectivity index (χ4v) is 4.50. The van der Waals surface area contributed by atoms with E-state index in [0.29, 0.717) is 17.6 Å². The number of hydrogen-bond donors (Lipinski definition) is 0. The number of nitrogens with zero attached hydrogens (tertiary/aromatic N) is 2. The third-order valence-corrected chi connectivity index (χ3v) is 5.76. The normalized spacial score (nSPS) is 31.7. The summed E-state index contributed by atoms with van der Waals surface area (Å²) in [5, 5.41) is 0. The maximum atomic E-state index is 12.8. The highest BCUT2D eigenvalue weighted by Gasteiger charge is 2.33. The minimum atomic E-state index is 0. The second-order valence-corrected chi connectivity index (χ2v) is 7.45. The Morgan fingerprint density at radius 2 is 1.09 bits per heavy atom. The molecule has 3 fully saturated rings. The molecule has 3 rings (SSSR count). The summed E-state index contributed by atoms with van der Waals surface area (Å²) >= 11 is 0. The van der Waals surface area contributed by atoms with E-state index in [9.17, 15) is 4.79 Å². The largest absolute Gasteiger partial charge is 0.303 e. The zero-order chi connectivity index (χ0) is 14.5. The van der Waals surface area contributed by atoms with Crippen LogP contribution in [0.4, 0.5) is 0 Å². The van der Waals surface area contributed by atoms with Gasteiger partial charge in [-0.3, -0.25) is 4.79 Å². The van der Waals surface area contributed by atoms with E-state index in [1.807, 2.05) is 0 Å². The Balaban J connectivity index is 0.00000176. The molecule has 0 spiro atoms. The third kappa shape index (κ3) is 5.04. The summed E-state index contributed by atoms with van der Waals surface area (Å²) in [5.74, 6) is 1.27. The smallest absolute Gasteiger partial charge is 0.141 e. The first-order valence-electron chi connectivity index (χ1n) is 9.31. The van der Waals surface area contributed by atoms with E-state index in [4.69, 9.17) is 0 Å². The van der Waals surface area contributed by atoms with Crippen LogP contribution in [0, 0.1) is 11.8 Å². The molecule has 2 unspecified atom stereocenters. The summed E-state index contributed by atoms with van der Waals surface area (Å²) in [6, 6.07) is 0. The summed E-state index contributed by atoms with van der Waals surface area (Å²) in [6.45, 7) is 6.99. The van der Waals surface area contributed by atoms with Gasteiger partial charge < -0.3 is 9.80 Å². The van der Waals surface area contributed by atoms with Gasteiger partial charge in [0.25, 0.3) is 0 Å². The average molecular weight is 373 g/mol. The Bertz CT molecular complexity index is 308. The van der Waals surface area contributed by atoms with E-state index in [-0.39, 0.29) is 17.0 Å². The number of Topliss-reactive ketones (excluding diaryl/α,β-unsaturated/α-hetero) is 1. The molecule has 1 saturated carbocycles. The van der Waals surface area contributed by atoms with Gasteiger partial charge >= 0.3 is 0 Å². The Morgan fingerprint density at radius 1 is 0.682 bits per heavy atom. The van der Waals surface area contributed by atoms with Gasteiger partial charge in [-0.1, -0.05) is 19.3 Å². The van der Waals surface area contributed by atoms with Gasteiger partial charge in [0.15, 0.2) is 0 Å². The summed E-state index contributed by atoms with van der Waals surface area (Å²) < 4.78 is 0. The fraction of sp³-hybridized carbons (Fsp3) is 0.944. The molecule has 0 aromatic heterocycles. The molecule has 3 nitrogen and oxygen atoms in total. The van der Waals surface area contributed by atoms with E-state index < -0.39 is 0 Å². The van der Waals surface area contributed by atoms with Crippen LogP contribution in [-0.4, -0.2) is 54.9 Å². The van der Waals surface area contributed by atoms with E-state index >= 15 is 0 Å². The highest BCUT2D eigenvalue weighted by atomic mass is 79.9. The molecule has 0 aromatic rings. The van der Waals surface area contributed by atoms with Crippen molar-refractivity contribution in [3.63, 3.8) is 0 Å². The summed E-state index contributed by atoms with van der Waals surface area (Å²) in [5.41, 5.74) is 0. The molecule has 3 aliphatic rings. The van der Waals surface area contributed by atoms with Crippen molar-refractivity contribution in [1.82, 2.24) is 9.80 Å². The van der Waals surface area contributed by atoms with Gasteiger partial charge in [-0.25, -0.2) is 0 Å². The Hall–Kier alpha value is 0.0700. The fourth-order valence-electron chi connectivity index (χ4n) is 4.50. The monoisotopic (exact) mass is 372 g/mol. The van der Waals surface area contributed by atoms with Crippen molar-refractivity contribution in [1.29, 1.82) is 0 Å². The number of piperidine rings is 2. The molecule has 0 N–H and O–H groups in total. The highest BCUT2D eigenvalue weighted by molar-refractivity contribution is 8.93. The molecular formula is C18H33BrN2O. The molecule has 0 radical (unpaired) electrons. The molecule has 128 valence electrons. The Morgan fingerprint density at radius 3 is 1.50 bits per heavy atom. The van der Waals surface area contributed by atoms with Crippen molar-refractivity contribution in [2.75, 3.05) is 39.3 Å². The van der Waals surface area contributed by atoms with E-state index in [1.54, 1.807) is 0 Å². The van der Waals surface area contributed by atoms with Crippen molar-refractivity contribution in [2.45, 2.75) is 57.8 Å². The predicted octanol–water partition coefficient (Wildman–Crippen LogP) is 3.52. The van der Waals surface area contributed by atoms with Gasteiger partial charge in [0, 0.05) is 24.9 Å². The summed E-state index contributed by atoms with van der Waals surface area (Å²) in [6.07, 6.45) is 11.6. The zero-order valence-corrected chi connectivity index (χ0v) is 15.7. The molecule has 0 amide bonds. The highest BCUT2D eigenvalue weighted by Crippen LogP contribution is 2.28. The second kappa shape index (κ2) is 9.39. The number of rotatable bonds is 4. The van der Waals surface area contributed by atoms with Crippen LogP contribution >= 0.6 is 17.0 Å². The van der Waals surface area contributed by atoms with Crippen LogP contribution < -0.4 is 0 Å². The first-order valence-corrected chi connectivity index (χ1v) is 9.31. The zero-order valence-electron chi connectivity index (χ0n) is 14.0. The molecule has 2 heterocycles. The van der Waals surface area contributed by atoms with Crippen LogP contribution in [0.5, 0.6) is 0 Å². The first kappa shape index (κ1) is 18.4. The number of carbonyl (C=O) groups excluding carboxylic acids is 1. The van der Waals surface area contributed by atoms with Crippen LogP contribution in [0.2, 0.25) is 0 Å². The quantitative estimate of drug-likeness (QED) is 0.753. The van der Waals surface area contributed by atoms with Gasteiger partial charge in [0.2, 0.25) is 0 Å². The van der Waals surface area contributed by atoms with E-state index in [0.717, 1.165) is 25.9 Å². The number of halogens is 1. The van der Waals surface area contributed by atoms with Crippen molar-refractivity contribution in [2.24, 2.45) is 11.8 Å². The van der Waals surface area contributed by atoms with E-state index in [1.165, 1.54) is 71.1 Å². The van der Waals surface area contributed by atoms with E-state index in [2.05, 4.69) is 9.80 Å². The van der Waals surface area contributed by atoms with Gasteiger partial charge in [0.1, 0.15) is 5.78 Å². The lowest BCUT2D eigenvalue weighted by Crippen LogP contribution is -2.44. The van der Waals surface area contributed by atoms with Gasteiger partial charge in [-0.15, -0.1) is 17.0 Å². The van der Waals surface area contributed by atoms with Crippen LogP contribution in [0.3, 0.4) is 0 Å². The summed E-state index contributed by atoms with van der Waals surface area (Å²) in [4.78, 5) is 17.9. The lowest BCUT2D eigenvalue weighted by molar-refractivity contribution is -0.130. The summed E-state index contributed by atoms with van der Waals surface area (Å²) in [7, 11) is 0. The van der Waals surface area contributed by atoms with Crippen LogP contribution in [0.25, 0.3) is 0 Å². The lowest BCUT2D eigenvalue weighted by atomic mass is 9.79. The molecule has 2 saturated heterocycles. The van der Waals surface area contributed by atoms with Crippen LogP contribution in [0.15, 0.2) is 0 Å². The van der Waals surface area contributed by atoms with Crippen LogP contribution in [-0.2, 0) is 4.79 Å². The van der Waals surface area contributed by atoms with Gasteiger partial charge in [-0.2, -0.15) is 0 Å². The van der Waals surface area contributed by atoms with Crippen molar-refractivity contribution >= 4 is 22.8 Å². The number of ketones is 1. The predicted molar refractivity (Wildman–Crippen MR) is 96.7 cm³/mol. The minimum Gasteiger partial charge on any atom is -0.303 e. The first-order chi connectivity index (χ1) is 10.3. The molecule has 0 bridgehead atoms. The maximum Gasteiger partial charge on any atom is 0.141 e. The standard InChI is InChI=1S/C18H32N2O.BrH/c21-18-16(14-19-10-3-1-4-11-19)8-7-9-17(18)15-20-12-5-2-6-13-20;/h16-17H,1-15H2;1H. The van der Waals surface area contributed by atoms with Crippen molar-refractivity contribution in [3.8, 4) is 0 Å². The molecular weight excluding hydrogens is 340 g/mol. The lowest BCUT2D eigenvalue weighted by Gasteiger charge is -2.36. The van der Waals surface area contributed by atoms with Crippen molar-refractivity contribution < 1.29 is 4.79 Å². The molecule has 4 heteroatoms. The third-order valence-electron chi connectivity index (χ3n) is 5.76. The number of likely N-dealkylation sites (tertiary alicyclic amines) is 2. The second-order valence-electron chi connectivity index (χ2n) is 7.45.